The van der Waals surface area contributed by atoms with Gasteiger partial charge in [0.05, 0.1) is 18.0 Å². The number of hydrogen-bond donors (Lipinski definition) is 0. The summed E-state index contributed by atoms with van der Waals surface area (Å²) in [4.78, 5) is 31.3. The molecule has 8 heteroatoms. The summed E-state index contributed by atoms with van der Waals surface area (Å²) in [7, 11) is 1.61. The van der Waals surface area contributed by atoms with Crippen LogP contribution in [0.25, 0.3) is 0 Å². The second-order valence-electron chi connectivity index (χ2n) is 8.68. The van der Waals surface area contributed by atoms with E-state index in [-0.39, 0.29) is 36.1 Å². The zero-order valence-corrected chi connectivity index (χ0v) is 20.3. The second kappa shape index (κ2) is 10.8. The van der Waals surface area contributed by atoms with Crippen LogP contribution in [0.1, 0.15) is 42.3 Å². The molecule has 0 saturated carbocycles. The standard InChI is InChI=1S/C24H30ClFN2O3S/c1-24(2,16-25)23(30)27(11-4-13-31-3)15-21(29)28-12-9-20-19(10-14-32-20)22(28)17-5-7-18(26)8-6-17/h5-8,10,14,22H,4,9,11-13,15-16H2,1-3H3. The minimum Gasteiger partial charge on any atom is -0.385 e. The van der Waals surface area contributed by atoms with E-state index in [0.717, 1.165) is 17.5 Å². The maximum absolute atomic E-state index is 13.6. The summed E-state index contributed by atoms with van der Waals surface area (Å²) in [6.07, 6.45) is 1.39. The zero-order valence-electron chi connectivity index (χ0n) is 18.8. The molecule has 5 nitrogen and oxygen atoms in total. The molecule has 1 atom stereocenters. The Labute approximate surface area is 198 Å². The van der Waals surface area contributed by atoms with Crippen LogP contribution >= 0.6 is 22.9 Å². The number of halogens is 2. The van der Waals surface area contributed by atoms with Crippen LogP contribution in [0.15, 0.2) is 35.7 Å². The number of nitrogens with zero attached hydrogens (tertiary/aromatic N) is 2. The van der Waals surface area contributed by atoms with Crippen molar-refractivity contribution in [3.63, 3.8) is 0 Å². The van der Waals surface area contributed by atoms with Crippen LogP contribution in [0.2, 0.25) is 0 Å². The molecule has 0 saturated heterocycles. The SMILES string of the molecule is COCCCN(CC(=O)N1CCc2sccc2C1c1ccc(F)cc1)C(=O)C(C)(C)CCl. The topological polar surface area (TPSA) is 49.9 Å². The van der Waals surface area contributed by atoms with Crippen LogP contribution in [0.3, 0.4) is 0 Å². The highest BCUT2D eigenvalue weighted by atomic mass is 35.5. The van der Waals surface area contributed by atoms with Crippen LogP contribution in [0.4, 0.5) is 4.39 Å². The zero-order chi connectivity index (χ0) is 23.3. The Morgan fingerprint density at radius 1 is 1.28 bits per heavy atom. The summed E-state index contributed by atoms with van der Waals surface area (Å²) in [6, 6.07) is 8.03. The minimum atomic E-state index is -0.770. The van der Waals surface area contributed by atoms with Crippen LogP contribution in [0.5, 0.6) is 0 Å². The Bertz CT molecular complexity index is 932. The van der Waals surface area contributed by atoms with Gasteiger partial charge in [-0.3, -0.25) is 9.59 Å². The highest BCUT2D eigenvalue weighted by Gasteiger charge is 2.36. The van der Waals surface area contributed by atoms with Crippen molar-refractivity contribution >= 4 is 34.8 Å². The summed E-state index contributed by atoms with van der Waals surface area (Å²) >= 11 is 7.72. The Morgan fingerprint density at radius 3 is 2.66 bits per heavy atom. The molecule has 1 unspecified atom stereocenters. The molecular formula is C24H30ClFN2O3S. The Kier molecular flexibility index (Phi) is 8.31. The first kappa shape index (κ1) is 24.7. The number of hydrogen-bond acceptors (Lipinski definition) is 4. The fourth-order valence-corrected chi connectivity index (χ4v) is 5.00. The third kappa shape index (κ3) is 5.50. The predicted octanol–water partition coefficient (Wildman–Crippen LogP) is 4.49. The molecule has 2 aromatic rings. The summed E-state index contributed by atoms with van der Waals surface area (Å²) in [5, 5.41) is 2.03. The number of ether oxygens (including phenoxy) is 1. The monoisotopic (exact) mass is 480 g/mol. The first-order chi connectivity index (χ1) is 15.3. The van der Waals surface area contributed by atoms with E-state index in [4.69, 9.17) is 16.3 Å². The summed E-state index contributed by atoms with van der Waals surface area (Å²) in [5.74, 6) is -0.428. The molecular weight excluding hydrogens is 451 g/mol. The molecule has 0 N–H and O–H groups in total. The molecule has 1 aliphatic heterocycles. The third-order valence-corrected chi connectivity index (χ3v) is 7.44. The number of carbonyl (C=O) groups excluding carboxylic acids is 2. The molecule has 1 aromatic carbocycles. The number of thiophene rings is 1. The van der Waals surface area contributed by atoms with Crippen molar-refractivity contribution in [2.75, 3.05) is 39.2 Å². The van der Waals surface area contributed by atoms with Crippen molar-refractivity contribution in [1.82, 2.24) is 9.80 Å². The number of benzene rings is 1. The lowest BCUT2D eigenvalue weighted by Gasteiger charge is -2.38. The van der Waals surface area contributed by atoms with Crippen molar-refractivity contribution in [2.24, 2.45) is 5.41 Å². The molecule has 1 aliphatic rings. The number of amides is 2. The second-order valence-corrected chi connectivity index (χ2v) is 9.95. The van der Waals surface area contributed by atoms with Crippen LogP contribution in [-0.4, -0.2) is 60.8 Å². The van der Waals surface area contributed by atoms with Gasteiger partial charge >= 0.3 is 0 Å². The summed E-state index contributed by atoms with van der Waals surface area (Å²) in [5.41, 5.74) is 1.16. The van der Waals surface area contributed by atoms with E-state index in [1.54, 1.807) is 49.3 Å². The van der Waals surface area contributed by atoms with Gasteiger partial charge in [0.15, 0.2) is 0 Å². The molecule has 3 rings (SSSR count). The van der Waals surface area contributed by atoms with Gasteiger partial charge in [-0.05, 0) is 61.4 Å². The molecule has 0 spiro atoms. The van der Waals surface area contributed by atoms with E-state index >= 15 is 0 Å². The molecule has 0 fully saturated rings. The molecule has 0 bridgehead atoms. The number of alkyl halides is 1. The summed E-state index contributed by atoms with van der Waals surface area (Å²) in [6.45, 7) is 5.01. The molecule has 0 radical (unpaired) electrons. The van der Waals surface area contributed by atoms with Crippen molar-refractivity contribution in [3.8, 4) is 0 Å². The predicted molar refractivity (Wildman–Crippen MR) is 126 cm³/mol. The van der Waals surface area contributed by atoms with Crippen LogP contribution < -0.4 is 0 Å². The van der Waals surface area contributed by atoms with E-state index in [1.165, 1.54) is 17.0 Å². The van der Waals surface area contributed by atoms with Gasteiger partial charge in [0.2, 0.25) is 11.8 Å². The maximum Gasteiger partial charge on any atom is 0.242 e. The van der Waals surface area contributed by atoms with Gasteiger partial charge in [0.1, 0.15) is 5.82 Å². The normalized spacial score (nSPS) is 16.0. The first-order valence-corrected chi connectivity index (χ1v) is 12.2. The number of carbonyl (C=O) groups is 2. The molecule has 32 heavy (non-hydrogen) atoms. The molecule has 2 amide bonds. The number of methoxy groups -OCH3 is 1. The Hall–Kier alpha value is -1.96. The first-order valence-electron chi connectivity index (χ1n) is 10.7. The van der Waals surface area contributed by atoms with Gasteiger partial charge in [-0.1, -0.05) is 12.1 Å². The van der Waals surface area contributed by atoms with E-state index in [1.807, 2.05) is 16.3 Å². The van der Waals surface area contributed by atoms with Crippen molar-refractivity contribution in [3.05, 3.63) is 57.5 Å². The largest absolute Gasteiger partial charge is 0.385 e. The molecule has 0 aliphatic carbocycles. The average Bonchev–Trinajstić information content (AvgIpc) is 3.27. The molecule has 2 heterocycles. The minimum absolute atomic E-state index is 0.0277. The van der Waals surface area contributed by atoms with E-state index in [9.17, 15) is 14.0 Å². The van der Waals surface area contributed by atoms with Crippen molar-refractivity contribution in [1.29, 1.82) is 0 Å². The van der Waals surface area contributed by atoms with E-state index in [0.29, 0.717) is 26.1 Å². The molecule has 1 aromatic heterocycles. The van der Waals surface area contributed by atoms with Gasteiger partial charge in [0, 0.05) is 37.6 Å². The Balaban J connectivity index is 1.87. The third-order valence-electron chi connectivity index (χ3n) is 5.77. The highest BCUT2D eigenvalue weighted by Crippen LogP contribution is 2.38. The van der Waals surface area contributed by atoms with Crippen molar-refractivity contribution in [2.45, 2.75) is 32.7 Å². The number of fused-ring (bicyclic) bond motifs is 1. The lowest BCUT2D eigenvalue weighted by Crippen LogP contribution is -2.50. The van der Waals surface area contributed by atoms with Gasteiger partial charge in [-0.2, -0.15) is 0 Å². The maximum atomic E-state index is 13.6. The van der Waals surface area contributed by atoms with Crippen molar-refractivity contribution < 1.29 is 18.7 Å². The highest BCUT2D eigenvalue weighted by molar-refractivity contribution is 7.10. The average molecular weight is 481 g/mol. The summed E-state index contributed by atoms with van der Waals surface area (Å²) < 4.78 is 18.7. The van der Waals surface area contributed by atoms with Gasteiger partial charge in [0.25, 0.3) is 0 Å². The van der Waals surface area contributed by atoms with E-state index in [2.05, 4.69) is 0 Å². The number of rotatable bonds is 9. The van der Waals surface area contributed by atoms with Crippen LogP contribution in [0, 0.1) is 11.2 Å². The van der Waals surface area contributed by atoms with Gasteiger partial charge in [-0.15, -0.1) is 22.9 Å². The fourth-order valence-electron chi connectivity index (χ4n) is 3.98. The smallest absolute Gasteiger partial charge is 0.242 e. The molecule has 174 valence electrons. The lowest BCUT2D eigenvalue weighted by atomic mass is 9.92. The quantitative estimate of drug-likeness (QED) is 0.392. The fraction of sp³-hybridized carbons (Fsp3) is 0.500. The lowest BCUT2D eigenvalue weighted by molar-refractivity contribution is -0.146. The Morgan fingerprint density at radius 2 is 2.00 bits per heavy atom. The van der Waals surface area contributed by atoms with Crippen LogP contribution in [-0.2, 0) is 20.7 Å². The van der Waals surface area contributed by atoms with Gasteiger partial charge in [-0.25, -0.2) is 4.39 Å². The van der Waals surface area contributed by atoms with Gasteiger partial charge < -0.3 is 14.5 Å². The van der Waals surface area contributed by atoms with E-state index < -0.39 is 5.41 Å².